The second-order valence-electron chi connectivity index (χ2n) is 4.66. The molecule has 21 heavy (non-hydrogen) atoms. The third-order valence-corrected chi connectivity index (χ3v) is 4.39. The normalized spacial score (nSPS) is 10.8. The maximum atomic E-state index is 5.99. The van der Waals surface area contributed by atoms with Crippen LogP contribution in [-0.4, -0.2) is 18.6 Å². The molecule has 0 radical (unpaired) electrons. The molecule has 3 aromatic rings. The third-order valence-electron chi connectivity index (χ3n) is 3.17. The fourth-order valence-electron chi connectivity index (χ4n) is 2.12. The molecule has 1 N–H and O–H groups in total. The summed E-state index contributed by atoms with van der Waals surface area (Å²) in [6.45, 7) is 0.834. The molecule has 0 bridgehead atoms. The zero-order chi connectivity index (χ0) is 14.7. The number of thiazole rings is 1. The maximum Gasteiger partial charge on any atom is 0.183 e. The molecule has 0 aliphatic rings. The lowest BCUT2D eigenvalue weighted by Gasteiger charge is -2.05. The minimum absolute atomic E-state index is 0.745. The number of aromatic nitrogens is 1. The van der Waals surface area contributed by atoms with Crippen LogP contribution in [0, 0.1) is 0 Å². The fourth-order valence-corrected chi connectivity index (χ4v) is 3.28. The van der Waals surface area contributed by atoms with Crippen molar-refractivity contribution in [2.45, 2.75) is 6.42 Å². The van der Waals surface area contributed by atoms with E-state index in [2.05, 4.69) is 22.4 Å². The number of nitrogens with zero attached hydrogens (tertiary/aromatic N) is 1. The molecule has 0 saturated heterocycles. The van der Waals surface area contributed by atoms with Crippen LogP contribution in [-0.2, 0) is 6.42 Å². The van der Waals surface area contributed by atoms with Crippen LogP contribution in [0.5, 0.6) is 5.75 Å². The van der Waals surface area contributed by atoms with E-state index in [4.69, 9.17) is 16.3 Å². The van der Waals surface area contributed by atoms with Crippen LogP contribution in [0.2, 0.25) is 5.02 Å². The highest BCUT2D eigenvalue weighted by Gasteiger charge is 2.04. The van der Waals surface area contributed by atoms with Crippen LogP contribution in [0.15, 0.2) is 42.5 Å². The van der Waals surface area contributed by atoms with Crippen LogP contribution < -0.4 is 10.1 Å². The summed E-state index contributed by atoms with van der Waals surface area (Å²) in [4.78, 5) is 4.54. The molecule has 0 fully saturated rings. The minimum atomic E-state index is 0.745. The standard InChI is InChI=1S/C16H15ClN2OS/c1-20-13-4-2-3-11(9-13)7-8-18-16-19-14-6-5-12(17)10-15(14)21-16/h2-6,9-10H,7-8H2,1H3,(H,18,19). The largest absolute Gasteiger partial charge is 0.497 e. The van der Waals surface area contributed by atoms with Gasteiger partial charge in [0.2, 0.25) is 0 Å². The number of ether oxygens (including phenoxy) is 1. The molecule has 1 heterocycles. The van der Waals surface area contributed by atoms with Gasteiger partial charge in [-0.25, -0.2) is 4.98 Å². The van der Waals surface area contributed by atoms with Gasteiger partial charge in [0.15, 0.2) is 5.13 Å². The van der Waals surface area contributed by atoms with Crippen LogP contribution in [0.1, 0.15) is 5.56 Å². The molecule has 0 atom stereocenters. The van der Waals surface area contributed by atoms with E-state index >= 15 is 0 Å². The van der Waals surface area contributed by atoms with Gasteiger partial charge in [-0.15, -0.1) is 0 Å². The number of benzene rings is 2. The summed E-state index contributed by atoms with van der Waals surface area (Å²) >= 11 is 7.61. The lowest BCUT2D eigenvalue weighted by molar-refractivity contribution is 0.414. The Morgan fingerprint density at radius 2 is 2.14 bits per heavy atom. The first-order valence-electron chi connectivity index (χ1n) is 6.67. The van der Waals surface area contributed by atoms with E-state index in [9.17, 15) is 0 Å². The van der Waals surface area contributed by atoms with Crippen molar-refractivity contribution in [2.75, 3.05) is 19.0 Å². The van der Waals surface area contributed by atoms with Crippen LogP contribution in [0.25, 0.3) is 10.2 Å². The average molecular weight is 319 g/mol. The van der Waals surface area contributed by atoms with Crippen LogP contribution >= 0.6 is 22.9 Å². The number of nitrogens with one attached hydrogen (secondary N) is 1. The van der Waals surface area contributed by atoms with E-state index in [1.807, 2.05) is 30.3 Å². The molecule has 5 heteroatoms. The Kier molecular flexibility index (Phi) is 4.27. The van der Waals surface area contributed by atoms with Gasteiger partial charge >= 0.3 is 0 Å². The summed E-state index contributed by atoms with van der Waals surface area (Å²) in [5, 5.41) is 5.03. The summed E-state index contributed by atoms with van der Waals surface area (Å²) in [6.07, 6.45) is 0.924. The summed E-state index contributed by atoms with van der Waals surface area (Å²) in [7, 11) is 1.68. The fraction of sp³-hybridized carbons (Fsp3) is 0.188. The molecule has 0 spiro atoms. The summed E-state index contributed by atoms with van der Waals surface area (Å²) < 4.78 is 6.33. The maximum absolute atomic E-state index is 5.99. The van der Waals surface area contributed by atoms with E-state index in [0.29, 0.717) is 0 Å². The minimum Gasteiger partial charge on any atom is -0.497 e. The Morgan fingerprint density at radius 1 is 1.24 bits per heavy atom. The van der Waals surface area contributed by atoms with Crippen molar-refractivity contribution >= 4 is 38.3 Å². The van der Waals surface area contributed by atoms with Gasteiger partial charge in [-0.1, -0.05) is 35.1 Å². The first-order valence-corrected chi connectivity index (χ1v) is 7.87. The molecule has 108 valence electrons. The van der Waals surface area contributed by atoms with Crippen LogP contribution in [0.3, 0.4) is 0 Å². The second kappa shape index (κ2) is 6.33. The van der Waals surface area contributed by atoms with Gasteiger partial charge in [-0.2, -0.15) is 0 Å². The lowest BCUT2D eigenvalue weighted by Crippen LogP contribution is -2.04. The van der Waals surface area contributed by atoms with Gasteiger partial charge in [-0.05, 0) is 42.3 Å². The highest BCUT2D eigenvalue weighted by atomic mass is 35.5. The van der Waals surface area contributed by atoms with Crippen molar-refractivity contribution < 1.29 is 4.74 Å². The zero-order valence-corrected chi connectivity index (χ0v) is 13.2. The Labute approximate surface area is 132 Å². The van der Waals surface area contributed by atoms with Crippen molar-refractivity contribution in [1.82, 2.24) is 4.98 Å². The molecule has 0 unspecified atom stereocenters. The third kappa shape index (κ3) is 3.46. The molecule has 1 aromatic heterocycles. The van der Waals surface area contributed by atoms with Gasteiger partial charge in [0.1, 0.15) is 5.75 Å². The number of halogens is 1. The number of hydrogen-bond donors (Lipinski definition) is 1. The van der Waals surface area contributed by atoms with E-state index in [1.54, 1.807) is 18.4 Å². The highest BCUT2D eigenvalue weighted by molar-refractivity contribution is 7.22. The van der Waals surface area contributed by atoms with Gasteiger partial charge < -0.3 is 10.1 Å². The van der Waals surface area contributed by atoms with Crippen molar-refractivity contribution in [3.63, 3.8) is 0 Å². The quantitative estimate of drug-likeness (QED) is 0.745. The molecule has 3 nitrogen and oxygen atoms in total. The number of methoxy groups -OCH3 is 1. The molecule has 2 aromatic carbocycles. The summed E-state index contributed by atoms with van der Waals surface area (Å²) in [6, 6.07) is 13.9. The Balaban J connectivity index is 1.63. The summed E-state index contributed by atoms with van der Waals surface area (Å²) in [5.41, 5.74) is 2.22. The predicted molar refractivity (Wildman–Crippen MR) is 89.8 cm³/mol. The van der Waals surface area contributed by atoms with Gasteiger partial charge in [0, 0.05) is 11.6 Å². The average Bonchev–Trinajstić information content (AvgIpc) is 2.89. The SMILES string of the molecule is COc1cccc(CCNc2nc3ccc(Cl)cc3s2)c1. The van der Waals surface area contributed by atoms with E-state index in [1.165, 1.54) is 5.56 Å². The van der Waals surface area contributed by atoms with Crippen molar-refractivity contribution in [1.29, 1.82) is 0 Å². The first-order chi connectivity index (χ1) is 10.2. The van der Waals surface area contributed by atoms with E-state index in [0.717, 1.165) is 39.1 Å². The monoisotopic (exact) mass is 318 g/mol. The van der Waals surface area contributed by atoms with E-state index < -0.39 is 0 Å². The topological polar surface area (TPSA) is 34.1 Å². The van der Waals surface area contributed by atoms with Gasteiger partial charge in [0.25, 0.3) is 0 Å². The van der Waals surface area contributed by atoms with Gasteiger partial charge in [0.05, 0.1) is 17.3 Å². The smallest absolute Gasteiger partial charge is 0.183 e. The number of hydrogen-bond acceptors (Lipinski definition) is 4. The molecule has 0 aliphatic heterocycles. The first kappa shape index (κ1) is 14.2. The number of anilines is 1. The number of rotatable bonds is 5. The molecule has 0 amide bonds. The Morgan fingerprint density at radius 3 is 3.00 bits per heavy atom. The second-order valence-corrected chi connectivity index (χ2v) is 6.13. The Hall–Kier alpha value is -1.78. The van der Waals surface area contributed by atoms with Gasteiger partial charge in [-0.3, -0.25) is 0 Å². The van der Waals surface area contributed by atoms with Crippen molar-refractivity contribution in [3.8, 4) is 5.75 Å². The highest BCUT2D eigenvalue weighted by Crippen LogP contribution is 2.28. The molecule has 0 aliphatic carbocycles. The number of fused-ring (bicyclic) bond motifs is 1. The molecule has 3 rings (SSSR count). The molecule has 0 saturated carbocycles. The van der Waals surface area contributed by atoms with E-state index in [-0.39, 0.29) is 0 Å². The molecular weight excluding hydrogens is 304 g/mol. The van der Waals surface area contributed by atoms with Crippen molar-refractivity contribution in [3.05, 3.63) is 53.1 Å². The predicted octanol–water partition coefficient (Wildman–Crippen LogP) is 4.61. The van der Waals surface area contributed by atoms with Crippen molar-refractivity contribution in [2.24, 2.45) is 0 Å². The Bertz CT molecular complexity index is 757. The molecular formula is C16H15ClN2OS. The lowest BCUT2D eigenvalue weighted by atomic mass is 10.1. The summed E-state index contributed by atoms with van der Waals surface area (Å²) in [5.74, 6) is 0.891. The zero-order valence-electron chi connectivity index (χ0n) is 11.6. The van der Waals surface area contributed by atoms with Crippen LogP contribution in [0.4, 0.5) is 5.13 Å².